The lowest BCUT2D eigenvalue weighted by molar-refractivity contribution is -0.166. The molecule has 2 aromatic rings. The minimum absolute atomic E-state index is 0.0145. The summed E-state index contributed by atoms with van der Waals surface area (Å²) in [5.41, 5.74) is 2.37. The van der Waals surface area contributed by atoms with Crippen molar-refractivity contribution in [1.82, 2.24) is 5.32 Å². The van der Waals surface area contributed by atoms with E-state index in [9.17, 15) is 4.79 Å². The van der Waals surface area contributed by atoms with E-state index in [1.807, 2.05) is 30.3 Å². The van der Waals surface area contributed by atoms with Gasteiger partial charge in [0.05, 0.1) is 6.10 Å². The van der Waals surface area contributed by atoms with Gasteiger partial charge >= 0.3 is 0 Å². The van der Waals surface area contributed by atoms with Crippen molar-refractivity contribution in [3.05, 3.63) is 65.7 Å². The molecule has 0 saturated carbocycles. The number of rotatable bonds is 6. The summed E-state index contributed by atoms with van der Waals surface area (Å²) in [5, 5.41) is 6.73. The first-order chi connectivity index (χ1) is 13.2. The number of para-hydroxylation sites is 1. The predicted molar refractivity (Wildman–Crippen MR) is 108 cm³/mol. The van der Waals surface area contributed by atoms with Gasteiger partial charge in [-0.05, 0) is 37.4 Å². The molecule has 1 spiro atoms. The van der Waals surface area contributed by atoms with Crippen LogP contribution < -0.4 is 10.6 Å². The molecule has 0 bridgehead atoms. The minimum atomic E-state index is -0.848. The molecule has 142 valence electrons. The lowest BCUT2D eigenvalue weighted by atomic mass is 9.82. The first-order valence-electron chi connectivity index (χ1n) is 10.1. The molecular formula is C23H28N2O2. The number of hydrogen-bond donors (Lipinski definition) is 2. The van der Waals surface area contributed by atoms with Gasteiger partial charge in [0.15, 0.2) is 5.60 Å². The van der Waals surface area contributed by atoms with Crippen LogP contribution in [0.25, 0.3) is 0 Å². The molecule has 0 aromatic heterocycles. The maximum absolute atomic E-state index is 12.9. The predicted octanol–water partition coefficient (Wildman–Crippen LogP) is 4.01. The summed E-state index contributed by atoms with van der Waals surface area (Å²) in [5.74, 6) is -0.0145. The zero-order valence-electron chi connectivity index (χ0n) is 15.9. The number of nitrogens with one attached hydrogen (secondary N) is 2. The van der Waals surface area contributed by atoms with E-state index in [0.717, 1.165) is 43.5 Å². The molecule has 2 aromatic carbocycles. The molecule has 1 amide bonds. The number of benzene rings is 2. The summed E-state index contributed by atoms with van der Waals surface area (Å²) < 4.78 is 6.46. The standard InChI is InChI=1S/C23H28N2O2/c1-2-8-19-15-18(24-14-13-17-9-4-3-5-10-17)16-23(27-19)20-11-6-7-12-21(20)25-22(23)26/h3-7,9-12,18-19,24H,2,8,13-16H2,1H3,(H,25,26)/t18-,19-,23+/m1/s1. The fourth-order valence-electron chi connectivity index (χ4n) is 4.46. The highest BCUT2D eigenvalue weighted by Gasteiger charge is 2.53. The van der Waals surface area contributed by atoms with E-state index in [2.05, 4.69) is 41.8 Å². The summed E-state index contributed by atoms with van der Waals surface area (Å²) in [6, 6.07) is 18.7. The minimum Gasteiger partial charge on any atom is -0.357 e. The van der Waals surface area contributed by atoms with E-state index in [4.69, 9.17) is 4.74 Å². The molecule has 0 radical (unpaired) electrons. The van der Waals surface area contributed by atoms with Crippen LogP contribution in [0.15, 0.2) is 54.6 Å². The largest absolute Gasteiger partial charge is 0.357 e. The monoisotopic (exact) mass is 364 g/mol. The number of anilines is 1. The van der Waals surface area contributed by atoms with Gasteiger partial charge in [-0.15, -0.1) is 0 Å². The van der Waals surface area contributed by atoms with Crippen LogP contribution in [0, 0.1) is 0 Å². The Hall–Kier alpha value is -2.17. The summed E-state index contributed by atoms with van der Waals surface area (Å²) in [4.78, 5) is 12.9. The molecule has 0 unspecified atom stereocenters. The maximum atomic E-state index is 12.9. The van der Waals surface area contributed by atoms with Gasteiger partial charge in [-0.2, -0.15) is 0 Å². The average Bonchev–Trinajstić information content (AvgIpc) is 2.94. The molecule has 27 heavy (non-hydrogen) atoms. The molecule has 2 aliphatic heterocycles. The zero-order valence-corrected chi connectivity index (χ0v) is 15.9. The van der Waals surface area contributed by atoms with Gasteiger partial charge in [-0.25, -0.2) is 0 Å². The van der Waals surface area contributed by atoms with Crippen molar-refractivity contribution in [2.24, 2.45) is 0 Å². The van der Waals surface area contributed by atoms with Crippen molar-refractivity contribution in [3.8, 4) is 0 Å². The normalized spacial score (nSPS) is 26.8. The summed E-state index contributed by atoms with van der Waals surface area (Å²) in [7, 11) is 0. The molecule has 2 heterocycles. The maximum Gasteiger partial charge on any atom is 0.261 e. The fraction of sp³-hybridized carbons (Fsp3) is 0.435. The van der Waals surface area contributed by atoms with Gasteiger partial charge in [-0.1, -0.05) is 61.9 Å². The fourth-order valence-corrected chi connectivity index (χ4v) is 4.46. The van der Waals surface area contributed by atoms with Gasteiger partial charge in [0, 0.05) is 23.7 Å². The molecule has 2 aliphatic rings. The van der Waals surface area contributed by atoms with Crippen LogP contribution >= 0.6 is 0 Å². The van der Waals surface area contributed by atoms with Crippen molar-refractivity contribution in [2.45, 2.75) is 56.8 Å². The highest BCUT2D eigenvalue weighted by Crippen LogP contribution is 2.46. The average molecular weight is 364 g/mol. The first kappa shape index (κ1) is 18.2. The number of carbonyl (C=O) groups is 1. The second-order valence-electron chi connectivity index (χ2n) is 7.68. The van der Waals surface area contributed by atoms with Crippen molar-refractivity contribution in [3.63, 3.8) is 0 Å². The highest BCUT2D eigenvalue weighted by atomic mass is 16.5. The number of carbonyl (C=O) groups excluding carboxylic acids is 1. The van der Waals surface area contributed by atoms with Crippen molar-refractivity contribution >= 4 is 11.6 Å². The van der Waals surface area contributed by atoms with E-state index in [-0.39, 0.29) is 18.1 Å². The van der Waals surface area contributed by atoms with Crippen LogP contribution in [-0.2, 0) is 21.6 Å². The van der Waals surface area contributed by atoms with Crippen molar-refractivity contribution < 1.29 is 9.53 Å². The van der Waals surface area contributed by atoms with Gasteiger partial charge < -0.3 is 15.4 Å². The Labute approximate surface area is 161 Å². The Morgan fingerprint density at radius 3 is 2.74 bits per heavy atom. The van der Waals surface area contributed by atoms with Gasteiger partial charge in [-0.3, -0.25) is 4.79 Å². The molecule has 1 fully saturated rings. The van der Waals surface area contributed by atoms with E-state index in [1.54, 1.807) is 0 Å². The van der Waals surface area contributed by atoms with Crippen LogP contribution in [0.3, 0.4) is 0 Å². The van der Waals surface area contributed by atoms with Crippen LogP contribution in [0.4, 0.5) is 5.69 Å². The number of ether oxygens (including phenoxy) is 1. The number of hydrogen-bond acceptors (Lipinski definition) is 3. The number of amides is 1. The van der Waals surface area contributed by atoms with Crippen LogP contribution in [0.5, 0.6) is 0 Å². The quantitative estimate of drug-likeness (QED) is 0.814. The third-order valence-electron chi connectivity index (χ3n) is 5.73. The Morgan fingerprint density at radius 2 is 1.93 bits per heavy atom. The van der Waals surface area contributed by atoms with Gasteiger partial charge in [0.2, 0.25) is 0 Å². The van der Waals surface area contributed by atoms with E-state index < -0.39 is 5.60 Å². The van der Waals surface area contributed by atoms with Crippen molar-refractivity contribution in [2.75, 3.05) is 11.9 Å². The van der Waals surface area contributed by atoms with Gasteiger partial charge in [0.25, 0.3) is 5.91 Å². The number of fused-ring (bicyclic) bond motifs is 2. The van der Waals surface area contributed by atoms with Crippen LogP contribution in [0.2, 0.25) is 0 Å². The lowest BCUT2D eigenvalue weighted by Crippen LogP contribution is -2.52. The summed E-state index contributed by atoms with van der Waals surface area (Å²) in [6.45, 7) is 3.08. The zero-order chi connectivity index (χ0) is 18.7. The molecule has 2 N–H and O–H groups in total. The third-order valence-corrected chi connectivity index (χ3v) is 5.73. The van der Waals surface area contributed by atoms with Crippen LogP contribution in [0.1, 0.15) is 43.7 Å². The first-order valence-corrected chi connectivity index (χ1v) is 10.1. The Kier molecular flexibility index (Phi) is 5.28. The molecule has 4 heteroatoms. The SMILES string of the molecule is CCC[C@@H]1C[C@@H](NCCc2ccccc2)C[C@@]2(O1)C(=O)Nc1ccccc12. The smallest absolute Gasteiger partial charge is 0.261 e. The molecule has 1 saturated heterocycles. The molecule has 0 aliphatic carbocycles. The van der Waals surface area contributed by atoms with E-state index >= 15 is 0 Å². The van der Waals surface area contributed by atoms with Gasteiger partial charge in [0.1, 0.15) is 0 Å². The van der Waals surface area contributed by atoms with Crippen LogP contribution in [-0.4, -0.2) is 24.6 Å². The molecule has 4 rings (SSSR count). The lowest BCUT2D eigenvalue weighted by Gasteiger charge is -2.41. The molecular weight excluding hydrogens is 336 g/mol. The Bertz CT molecular complexity index is 792. The van der Waals surface area contributed by atoms with E-state index in [0.29, 0.717) is 6.42 Å². The third kappa shape index (κ3) is 3.64. The second-order valence-corrected chi connectivity index (χ2v) is 7.68. The van der Waals surface area contributed by atoms with E-state index in [1.165, 1.54) is 5.56 Å². The topological polar surface area (TPSA) is 50.4 Å². The summed E-state index contributed by atoms with van der Waals surface area (Å²) >= 11 is 0. The molecule has 3 atom stereocenters. The second kappa shape index (κ2) is 7.83. The molecule has 4 nitrogen and oxygen atoms in total. The van der Waals surface area contributed by atoms with Crippen molar-refractivity contribution in [1.29, 1.82) is 0 Å². The Morgan fingerprint density at radius 1 is 1.15 bits per heavy atom. The highest BCUT2D eigenvalue weighted by molar-refractivity contribution is 6.05. The summed E-state index contributed by atoms with van der Waals surface area (Å²) in [6.07, 6.45) is 4.78. The Balaban J connectivity index is 1.50.